The largest absolute Gasteiger partial charge is 0.331 e. The molecule has 0 aliphatic rings. The van der Waals surface area contributed by atoms with Gasteiger partial charge in [-0.3, -0.25) is 4.68 Å². The summed E-state index contributed by atoms with van der Waals surface area (Å²) in [5.74, 6) is 0. The fourth-order valence-corrected chi connectivity index (χ4v) is 2.83. The average molecular weight is 303 g/mol. The van der Waals surface area contributed by atoms with Gasteiger partial charge in [0.15, 0.2) is 0 Å². The van der Waals surface area contributed by atoms with E-state index in [9.17, 15) is 0 Å². The second kappa shape index (κ2) is 6.04. The molecule has 0 N–H and O–H groups in total. The Morgan fingerprint density at radius 3 is 2.83 bits per heavy atom. The molecule has 0 unspecified atom stereocenters. The number of fused-ring (bicyclic) bond motifs is 1. The van der Waals surface area contributed by atoms with Crippen molar-refractivity contribution in [2.24, 2.45) is 0 Å². The molecule has 0 aliphatic heterocycles. The molecule has 0 saturated carbocycles. The number of hydrogen-bond donors (Lipinski definition) is 0. The molecular weight excluding hydrogens is 286 g/mol. The van der Waals surface area contributed by atoms with Gasteiger partial charge in [-0.05, 0) is 22.8 Å². The summed E-state index contributed by atoms with van der Waals surface area (Å²) in [6.45, 7) is 1.53. The third-order valence-corrected chi connectivity index (χ3v) is 3.98. The van der Waals surface area contributed by atoms with Gasteiger partial charge in [0.2, 0.25) is 0 Å². The molecule has 0 saturated heterocycles. The van der Waals surface area contributed by atoms with Gasteiger partial charge in [-0.1, -0.05) is 47.7 Å². The molecule has 0 atom stereocenters. The normalized spacial score (nSPS) is 11.1. The van der Waals surface area contributed by atoms with Gasteiger partial charge < -0.3 is 4.57 Å². The van der Waals surface area contributed by atoms with Crippen LogP contribution in [-0.2, 0) is 19.5 Å². The number of aryl methyl sites for hydroxylation is 2. The van der Waals surface area contributed by atoms with E-state index < -0.39 is 0 Å². The molecule has 114 valence electrons. The Labute approximate surface area is 134 Å². The third kappa shape index (κ3) is 2.99. The van der Waals surface area contributed by atoms with Crippen molar-refractivity contribution in [3.63, 3.8) is 0 Å². The van der Waals surface area contributed by atoms with Crippen LogP contribution >= 0.6 is 0 Å². The van der Waals surface area contributed by atoms with E-state index in [0.717, 1.165) is 18.7 Å². The Morgan fingerprint density at radius 1 is 1.00 bits per heavy atom. The molecule has 23 heavy (non-hydrogen) atoms. The van der Waals surface area contributed by atoms with E-state index in [2.05, 4.69) is 57.8 Å². The van der Waals surface area contributed by atoms with Crippen LogP contribution in [-0.4, -0.2) is 24.5 Å². The van der Waals surface area contributed by atoms with Crippen molar-refractivity contribution in [1.82, 2.24) is 24.5 Å². The summed E-state index contributed by atoms with van der Waals surface area (Å²) in [4.78, 5) is 4.04. The van der Waals surface area contributed by atoms with Crippen LogP contribution in [0.5, 0.6) is 0 Å². The summed E-state index contributed by atoms with van der Waals surface area (Å²) in [6, 6.07) is 14.9. The topological polar surface area (TPSA) is 48.5 Å². The highest BCUT2D eigenvalue weighted by Gasteiger charge is 2.04. The number of rotatable bonds is 5. The quantitative estimate of drug-likeness (QED) is 0.569. The molecular formula is C18H17N5. The number of imidazole rings is 1. The van der Waals surface area contributed by atoms with Gasteiger partial charge in [0.1, 0.15) is 5.69 Å². The maximum absolute atomic E-state index is 4.23. The minimum Gasteiger partial charge on any atom is -0.331 e. The Kier molecular flexibility index (Phi) is 3.60. The van der Waals surface area contributed by atoms with E-state index in [0.29, 0.717) is 6.54 Å². The van der Waals surface area contributed by atoms with Crippen LogP contribution in [0.3, 0.4) is 0 Å². The van der Waals surface area contributed by atoms with Crippen molar-refractivity contribution in [2.45, 2.75) is 19.5 Å². The van der Waals surface area contributed by atoms with E-state index in [1.165, 1.54) is 16.3 Å². The first-order valence-electron chi connectivity index (χ1n) is 7.70. The van der Waals surface area contributed by atoms with Gasteiger partial charge in [-0.25, -0.2) is 4.98 Å². The fraction of sp³-hybridized carbons (Fsp3) is 0.167. The summed E-state index contributed by atoms with van der Waals surface area (Å²) in [5.41, 5.74) is 2.29. The first-order valence-corrected chi connectivity index (χ1v) is 7.70. The standard InChI is InChI=1S/C18H17N5/c1-2-7-18-15(4-1)5-3-6-16(18)8-10-23-13-17(20-21-23)12-22-11-9-19-14-22/h1-7,9,11,13-14H,8,10,12H2. The smallest absolute Gasteiger partial charge is 0.102 e. The molecule has 0 bridgehead atoms. The fourth-order valence-electron chi connectivity index (χ4n) is 2.83. The van der Waals surface area contributed by atoms with Gasteiger partial charge in [0.05, 0.1) is 19.1 Å². The zero-order valence-corrected chi connectivity index (χ0v) is 12.7. The number of benzene rings is 2. The predicted molar refractivity (Wildman–Crippen MR) is 89.0 cm³/mol. The highest BCUT2D eigenvalue weighted by Crippen LogP contribution is 2.19. The number of nitrogens with zero attached hydrogens (tertiary/aromatic N) is 5. The van der Waals surface area contributed by atoms with E-state index in [-0.39, 0.29) is 0 Å². The van der Waals surface area contributed by atoms with Crippen LogP contribution in [0.25, 0.3) is 10.8 Å². The minimum atomic E-state index is 0.703. The summed E-state index contributed by atoms with van der Waals surface area (Å²) >= 11 is 0. The predicted octanol–water partition coefficient (Wildman–Crippen LogP) is 2.92. The molecule has 0 amide bonds. The van der Waals surface area contributed by atoms with E-state index >= 15 is 0 Å². The molecule has 0 radical (unpaired) electrons. The number of hydrogen-bond acceptors (Lipinski definition) is 3. The maximum Gasteiger partial charge on any atom is 0.102 e. The average Bonchev–Trinajstić information content (AvgIpc) is 3.25. The Balaban J connectivity index is 1.47. The van der Waals surface area contributed by atoms with E-state index in [4.69, 9.17) is 0 Å². The first kappa shape index (κ1) is 13.7. The Morgan fingerprint density at radius 2 is 1.91 bits per heavy atom. The van der Waals surface area contributed by atoms with Gasteiger partial charge in [0.25, 0.3) is 0 Å². The first-order chi connectivity index (χ1) is 11.4. The van der Waals surface area contributed by atoms with Crippen molar-refractivity contribution in [1.29, 1.82) is 0 Å². The Bertz CT molecular complexity index is 903. The molecule has 4 aromatic rings. The van der Waals surface area contributed by atoms with Crippen molar-refractivity contribution < 1.29 is 0 Å². The molecule has 0 spiro atoms. The van der Waals surface area contributed by atoms with Crippen molar-refractivity contribution in [3.05, 3.63) is 78.6 Å². The molecule has 2 aromatic heterocycles. The van der Waals surface area contributed by atoms with Crippen LogP contribution < -0.4 is 0 Å². The summed E-state index contributed by atoms with van der Waals surface area (Å²) in [5, 5.41) is 11.1. The lowest BCUT2D eigenvalue weighted by atomic mass is 10.0. The summed E-state index contributed by atoms with van der Waals surface area (Å²) in [6.07, 6.45) is 8.43. The van der Waals surface area contributed by atoms with Gasteiger partial charge in [-0.15, -0.1) is 5.10 Å². The maximum atomic E-state index is 4.23. The zero-order valence-electron chi connectivity index (χ0n) is 12.7. The molecule has 5 nitrogen and oxygen atoms in total. The lowest BCUT2D eigenvalue weighted by molar-refractivity contribution is 0.590. The second-order valence-electron chi connectivity index (χ2n) is 5.60. The second-order valence-corrected chi connectivity index (χ2v) is 5.60. The number of aromatic nitrogens is 5. The molecule has 2 aromatic carbocycles. The molecule has 2 heterocycles. The monoisotopic (exact) mass is 303 g/mol. The van der Waals surface area contributed by atoms with Crippen LogP contribution in [0, 0.1) is 0 Å². The highest BCUT2D eigenvalue weighted by molar-refractivity contribution is 5.85. The lowest BCUT2D eigenvalue weighted by Crippen LogP contribution is -2.02. The van der Waals surface area contributed by atoms with Crippen LogP contribution in [0.2, 0.25) is 0 Å². The minimum absolute atomic E-state index is 0.703. The zero-order chi connectivity index (χ0) is 15.5. The molecule has 4 rings (SSSR count). The SMILES string of the molecule is c1ccc2c(CCn3cc(Cn4ccnc4)nn3)cccc2c1. The van der Waals surface area contributed by atoms with E-state index in [1.54, 1.807) is 12.5 Å². The lowest BCUT2D eigenvalue weighted by Gasteiger charge is -2.06. The van der Waals surface area contributed by atoms with Crippen molar-refractivity contribution in [3.8, 4) is 0 Å². The highest BCUT2D eigenvalue weighted by atomic mass is 15.4. The van der Waals surface area contributed by atoms with Crippen molar-refractivity contribution in [2.75, 3.05) is 0 Å². The molecule has 5 heteroatoms. The Hall–Kier alpha value is -2.95. The summed E-state index contributed by atoms with van der Waals surface area (Å²) < 4.78 is 3.90. The van der Waals surface area contributed by atoms with Crippen LogP contribution in [0.1, 0.15) is 11.3 Å². The van der Waals surface area contributed by atoms with Gasteiger partial charge in [-0.2, -0.15) is 0 Å². The molecule has 0 fully saturated rings. The van der Waals surface area contributed by atoms with Crippen LogP contribution in [0.15, 0.2) is 67.4 Å². The van der Waals surface area contributed by atoms with Crippen LogP contribution in [0.4, 0.5) is 0 Å². The molecule has 0 aliphatic carbocycles. The van der Waals surface area contributed by atoms with Gasteiger partial charge >= 0.3 is 0 Å². The van der Waals surface area contributed by atoms with Crippen molar-refractivity contribution >= 4 is 10.8 Å². The third-order valence-electron chi connectivity index (χ3n) is 3.98. The van der Waals surface area contributed by atoms with Gasteiger partial charge in [0, 0.05) is 18.9 Å². The summed E-state index contributed by atoms with van der Waals surface area (Å²) in [7, 11) is 0. The van der Waals surface area contributed by atoms with E-state index in [1.807, 2.05) is 21.6 Å².